The molecule has 0 aromatic carbocycles. The van der Waals surface area contributed by atoms with Crippen LogP contribution in [0.15, 0.2) is 24.0 Å². The van der Waals surface area contributed by atoms with E-state index >= 15 is 0 Å². The molecule has 0 spiro atoms. The van der Waals surface area contributed by atoms with Gasteiger partial charge in [-0.25, -0.2) is 4.79 Å². The minimum Gasteiger partial charge on any atom is -0.444 e. The molecule has 112 valence electrons. The van der Waals surface area contributed by atoms with Gasteiger partial charge in [0, 0.05) is 24.8 Å². The minimum atomic E-state index is -0.453. The molecular formula is C14H24N4O2. The smallest absolute Gasteiger partial charge is 0.410 e. The molecule has 20 heavy (non-hydrogen) atoms. The highest BCUT2D eigenvalue weighted by molar-refractivity contribution is 5.68. The number of likely N-dealkylation sites (tertiary alicyclic amines) is 1. The second kappa shape index (κ2) is 5.75. The van der Waals surface area contributed by atoms with Gasteiger partial charge in [0.25, 0.3) is 0 Å². The molecule has 0 bridgehead atoms. The van der Waals surface area contributed by atoms with E-state index in [-0.39, 0.29) is 18.3 Å². The maximum absolute atomic E-state index is 12.0. The molecule has 0 aromatic rings. The predicted octanol–water partition coefficient (Wildman–Crippen LogP) is 0.871. The van der Waals surface area contributed by atoms with Crippen LogP contribution in [-0.2, 0) is 4.74 Å². The third-order valence-corrected chi connectivity index (χ3v) is 3.22. The molecule has 1 fully saturated rings. The van der Waals surface area contributed by atoms with Crippen molar-refractivity contribution in [3.05, 3.63) is 24.0 Å². The van der Waals surface area contributed by atoms with Crippen LogP contribution in [0.25, 0.3) is 0 Å². The molecule has 2 heterocycles. The Morgan fingerprint density at radius 1 is 1.55 bits per heavy atom. The number of carbonyl (C=O) groups excluding carboxylic acids is 1. The summed E-state index contributed by atoms with van der Waals surface area (Å²) >= 11 is 0. The van der Waals surface area contributed by atoms with Crippen LogP contribution in [0.5, 0.6) is 0 Å². The zero-order valence-corrected chi connectivity index (χ0v) is 12.3. The fourth-order valence-corrected chi connectivity index (χ4v) is 2.27. The molecule has 1 amide bonds. The molecular weight excluding hydrogens is 256 g/mol. The number of nitrogens with zero attached hydrogens (tertiary/aromatic N) is 1. The second-order valence-electron chi connectivity index (χ2n) is 6.20. The molecule has 2 aliphatic rings. The van der Waals surface area contributed by atoms with Crippen LogP contribution < -0.4 is 16.4 Å². The Kier molecular flexibility index (Phi) is 4.23. The predicted molar refractivity (Wildman–Crippen MR) is 77.7 cm³/mol. The molecule has 0 radical (unpaired) electrons. The molecule has 6 nitrogen and oxygen atoms in total. The maximum Gasteiger partial charge on any atom is 0.410 e. The Hall–Kier alpha value is -1.69. The second-order valence-corrected chi connectivity index (χ2v) is 6.20. The van der Waals surface area contributed by atoms with Crippen LogP contribution in [0.1, 0.15) is 27.2 Å². The lowest BCUT2D eigenvalue weighted by Gasteiger charge is -2.26. The first-order valence-corrected chi connectivity index (χ1v) is 6.97. The van der Waals surface area contributed by atoms with Crippen LogP contribution in [-0.4, -0.2) is 41.9 Å². The van der Waals surface area contributed by atoms with E-state index in [4.69, 9.17) is 10.5 Å². The van der Waals surface area contributed by atoms with Gasteiger partial charge in [0.05, 0.1) is 0 Å². The highest BCUT2D eigenvalue weighted by atomic mass is 16.6. The normalized spacial score (nSPS) is 26.1. The van der Waals surface area contributed by atoms with E-state index in [2.05, 4.69) is 10.6 Å². The zero-order chi connectivity index (χ0) is 14.8. The van der Waals surface area contributed by atoms with Crippen LogP contribution in [0.2, 0.25) is 0 Å². The molecule has 0 aromatic heterocycles. The standard InChI is InChI=1S/C14H24N4O2/c1-14(2,3)20-13(19)18-8-6-10(9-18)17-12-11(15)5-4-7-16-12/h4-5,7,10,12,16-17H,6,8-9,15H2,1-3H3/t10-,12?/m1/s1. The Bertz CT molecular complexity index is 425. The van der Waals surface area contributed by atoms with Crippen LogP contribution in [0.3, 0.4) is 0 Å². The first-order valence-electron chi connectivity index (χ1n) is 6.97. The summed E-state index contributed by atoms with van der Waals surface area (Å²) in [4.78, 5) is 13.7. The van der Waals surface area contributed by atoms with Gasteiger partial charge in [-0.2, -0.15) is 0 Å². The maximum atomic E-state index is 12.0. The Morgan fingerprint density at radius 2 is 2.30 bits per heavy atom. The summed E-state index contributed by atoms with van der Waals surface area (Å²) in [6.45, 7) is 6.98. The summed E-state index contributed by atoms with van der Waals surface area (Å²) < 4.78 is 5.38. The number of dihydropyridines is 1. The fraction of sp³-hybridized carbons (Fsp3) is 0.643. The van der Waals surface area contributed by atoms with Crippen molar-refractivity contribution in [2.75, 3.05) is 13.1 Å². The van der Waals surface area contributed by atoms with Crippen molar-refractivity contribution < 1.29 is 9.53 Å². The van der Waals surface area contributed by atoms with E-state index in [0.717, 1.165) is 12.1 Å². The fourth-order valence-electron chi connectivity index (χ4n) is 2.27. The van der Waals surface area contributed by atoms with E-state index in [9.17, 15) is 4.79 Å². The van der Waals surface area contributed by atoms with Crippen molar-refractivity contribution in [2.24, 2.45) is 5.73 Å². The summed E-state index contributed by atoms with van der Waals surface area (Å²) in [5.41, 5.74) is 6.21. The Labute approximate surface area is 120 Å². The van der Waals surface area contributed by atoms with Gasteiger partial charge in [0.1, 0.15) is 11.8 Å². The highest BCUT2D eigenvalue weighted by Gasteiger charge is 2.31. The monoisotopic (exact) mass is 280 g/mol. The van der Waals surface area contributed by atoms with Gasteiger partial charge < -0.3 is 20.7 Å². The number of nitrogens with one attached hydrogen (secondary N) is 2. The molecule has 0 aliphatic carbocycles. The van der Waals surface area contributed by atoms with Crippen LogP contribution in [0.4, 0.5) is 4.79 Å². The molecule has 0 saturated carbocycles. The molecule has 1 saturated heterocycles. The van der Waals surface area contributed by atoms with E-state index in [1.165, 1.54) is 0 Å². The van der Waals surface area contributed by atoms with Gasteiger partial charge in [-0.15, -0.1) is 0 Å². The average Bonchev–Trinajstić information content (AvgIpc) is 2.79. The summed E-state index contributed by atoms with van der Waals surface area (Å²) in [7, 11) is 0. The quantitative estimate of drug-likeness (QED) is 0.699. The van der Waals surface area contributed by atoms with Crippen molar-refractivity contribution >= 4 is 6.09 Å². The van der Waals surface area contributed by atoms with E-state index in [0.29, 0.717) is 13.1 Å². The minimum absolute atomic E-state index is 0.0661. The van der Waals surface area contributed by atoms with Gasteiger partial charge >= 0.3 is 6.09 Å². The van der Waals surface area contributed by atoms with Crippen molar-refractivity contribution in [2.45, 2.75) is 45.0 Å². The number of hydrogen-bond donors (Lipinski definition) is 3. The summed E-state index contributed by atoms with van der Waals surface area (Å²) in [5, 5.41) is 6.57. The molecule has 2 atom stereocenters. The summed E-state index contributed by atoms with van der Waals surface area (Å²) in [5.74, 6) is 0. The molecule has 1 unspecified atom stereocenters. The van der Waals surface area contributed by atoms with Gasteiger partial charge in [-0.1, -0.05) is 0 Å². The third kappa shape index (κ3) is 3.90. The van der Waals surface area contributed by atoms with E-state index < -0.39 is 5.60 Å². The summed E-state index contributed by atoms with van der Waals surface area (Å²) in [6, 6.07) is 0.221. The molecule has 4 N–H and O–H groups in total. The van der Waals surface area contributed by atoms with Gasteiger partial charge in [0.15, 0.2) is 0 Å². The van der Waals surface area contributed by atoms with Crippen molar-refractivity contribution in [3.8, 4) is 0 Å². The Balaban J connectivity index is 1.82. The number of ether oxygens (including phenoxy) is 1. The molecule has 2 aliphatic heterocycles. The zero-order valence-electron chi connectivity index (χ0n) is 12.3. The lowest BCUT2D eigenvalue weighted by Crippen LogP contribution is -2.50. The third-order valence-electron chi connectivity index (χ3n) is 3.22. The first-order chi connectivity index (χ1) is 9.35. The van der Waals surface area contributed by atoms with Crippen LogP contribution in [0, 0.1) is 0 Å². The van der Waals surface area contributed by atoms with Crippen LogP contribution >= 0.6 is 0 Å². The van der Waals surface area contributed by atoms with E-state index in [1.807, 2.05) is 39.1 Å². The average molecular weight is 280 g/mol. The van der Waals surface area contributed by atoms with Crippen molar-refractivity contribution in [1.82, 2.24) is 15.5 Å². The SMILES string of the molecule is CC(C)(C)OC(=O)N1CC[C@@H](NC2NC=CC=C2N)C1. The summed E-state index contributed by atoms with van der Waals surface area (Å²) in [6.07, 6.45) is 6.18. The lowest BCUT2D eigenvalue weighted by atomic mass is 10.2. The Morgan fingerprint density at radius 3 is 2.95 bits per heavy atom. The highest BCUT2D eigenvalue weighted by Crippen LogP contribution is 2.16. The molecule has 6 heteroatoms. The number of carbonyl (C=O) groups is 1. The van der Waals surface area contributed by atoms with E-state index in [1.54, 1.807) is 4.90 Å². The number of amides is 1. The van der Waals surface area contributed by atoms with Gasteiger partial charge in [0.2, 0.25) is 0 Å². The number of nitrogens with two attached hydrogens (primary N) is 1. The van der Waals surface area contributed by atoms with Crippen molar-refractivity contribution in [1.29, 1.82) is 0 Å². The molecule has 2 rings (SSSR count). The topological polar surface area (TPSA) is 79.6 Å². The van der Waals surface area contributed by atoms with Gasteiger partial charge in [-0.3, -0.25) is 5.32 Å². The number of hydrogen-bond acceptors (Lipinski definition) is 5. The largest absolute Gasteiger partial charge is 0.444 e. The number of rotatable bonds is 2. The number of allylic oxidation sites excluding steroid dienone is 2. The van der Waals surface area contributed by atoms with Crippen molar-refractivity contribution in [3.63, 3.8) is 0 Å². The first kappa shape index (κ1) is 14.7. The lowest BCUT2D eigenvalue weighted by molar-refractivity contribution is 0.0290. The van der Waals surface area contributed by atoms with Gasteiger partial charge in [-0.05, 0) is 45.5 Å².